The Balaban J connectivity index is 1.98. The molecule has 0 bridgehead atoms. The van der Waals surface area contributed by atoms with E-state index in [4.69, 9.17) is 5.11 Å². The molecule has 0 spiro atoms. The molecule has 3 rings (SSSR count). The van der Waals surface area contributed by atoms with E-state index in [0.717, 1.165) is 24.9 Å². The van der Waals surface area contributed by atoms with E-state index in [1.807, 2.05) is 23.6 Å². The highest BCUT2D eigenvalue weighted by Crippen LogP contribution is 2.34. The van der Waals surface area contributed by atoms with E-state index in [0.29, 0.717) is 0 Å². The Morgan fingerprint density at radius 2 is 2.10 bits per heavy atom. The van der Waals surface area contributed by atoms with Crippen LogP contribution < -0.4 is 0 Å². The van der Waals surface area contributed by atoms with Gasteiger partial charge in [0.1, 0.15) is 5.01 Å². The smallest absolute Gasteiger partial charge is 0.335 e. The molecule has 0 fully saturated rings. The molecule has 2 heterocycles. The summed E-state index contributed by atoms with van der Waals surface area (Å²) in [5.74, 6) is -0.925. The van der Waals surface area contributed by atoms with Crippen molar-refractivity contribution in [2.75, 3.05) is 0 Å². The summed E-state index contributed by atoms with van der Waals surface area (Å²) < 4.78 is 1.06. The fourth-order valence-electron chi connectivity index (χ4n) is 1.76. The van der Waals surface area contributed by atoms with Gasteiger partial charge in [-0.2, -0.15) is 0 Å². The van der Waals surface area contributed by atoms with Gasteiger partial charge in [-0.3, -0.25) is 0 Å². The predicted molar refractivity (Wildman–Crippen MR) is 85.5 cm³/mol. The van der Waals surface area contributed by atoms with Crippen LogP contribution in [0.1, 0.15) is 10.4 Å². The second kappa shape index (κ2) is 5.47. The van der Waals surface area contributed by atoms with Gasteiger partial charge in [0.15, 0.2) is 0 Å². The number of rotatable bonds is 3. The molecule has 3 aromatic rings. The van der Waals surface area contributed by atoms with Crippen molar-refractivity contribution in [1.82, 2.24) is 4.98 Å². The lowest BCUT2D eigenvalue weighted by Gasteiger charge is -1.98. The summed E-state index contributed by atoms with van der Waals surface area (Å²) in [4.78, 5) is 16.7. The number of carboxylic acid groups (broad SMARTS) is 1. The Hall–Kier alpha value is -1.50. The first kappa shape index (κ1) is 13.5. The molecule has 1 aromatic carbocycles. The second-order valence-corrected chi connectivity index (χ2v) is 7.35. The Bertz CT molecular complexity index is 779. The zero-order valence-corrected chi connectivity index (χ0v) is 13.3. The molecule has 0 aliphatic rings. The van der Waals surface area contributed by atoms with Gasteiger partial charge in [0.05, 0.1) is 19.9 Å². The van der Waals surface area contributed by atoms with Gasteiger partial charge in [-0.1, -0.05) is 12.1 Å². The van der Waals surface area contributed by atoms with Gasteiger partial charge < -0.3 is 5.11 Å². The molecule has 0 saturated carbocycles. The van der Waals surface area contributed by atoms with Gasteiger partial charge in [-0.25, -0.2) is 9.78 Å². The number of carboxylic acids is 1. The lowest BCUT2D eigenvalue weighted by Crippen LogP contribution is -1.95. The molecule has 6 heteroatoms. The third kappa shape index (κ3) is 2.67. The average molecular weight is 366 g/mol. The van der Waals surface area contributed by atoms with Crippen LogP contribution in [0.25, 0.3) is 21.1 Å². The molecule has 20 heavy (non-hydrogen) atoms. The van der Waals surface area contributed by atoms with E-state index in [-0.39, 0.29) is 5.56 Å². The lowest BCUT2D eigenvalue weighted by molar-refractivity contribution is 0.0697. The van der Waals surface area contributed by atoms with E-state index in [1.54, 1.807) is 29.5 Å². The molecule has 3 nitrogen and oxygen atoms in total. The Morgan fingerprint density at radius 3 is 2.80 bits per heavy atom. The van der Waals surface area contributed by atoms with Crippen molar-refractivity contribution in [3.05, 3.63) is 51.1 Å². The first-order valence-corrected chi connectivity index (χ1v) is 8.17. The summed E-state index contributed by atoms with van der Waals surface area (Å²) >= 11 is 6.57. The van der Waals surface area contributed by atoms with Crippen molar-refractivity contribution in [2.45, 2.75) is 0 Å². The second-order valence-electron chi connectivity index (χ2n) is 4.03. The molecular weight excluding hydrogens is 358 g/mol. The van der Waals surface area contributed by atoms with Crippen molar-refractivity contribution in [3.8, 4) is 21.1 Å². The van der Waals surface area contributed by atoms with E-state index < -0.39 is 5.97 Å². The normalized spacial score (nSPS) is 10.7. The summed E-state index contributed by atoms with van der Waals surface area (Å²) in [5.41, 5.74) is 2.02. The van der Waals surface area contributed by atoms with Gasteiger partial charge >= 0.3 is 5.97 Å². The maximum Gasteiger partial charge on any atom is 0.335 e. The first-order valence-electron chi connectivity index (χ1n) is 5.68. The fourth-order valence-corrected chi connectivity index (χ4v) is 4.00. The summed E-state index contributed by atoms with van der Waals surface area (Å²) in [5, 5.41) is 11.8. The van der Waals surface area contributed by atoms with Crippen LogP contribution in [-0.2, 0) is 0 Å². The van der Waals surface area contributed by atoms with Gasteiger partial charge in [-0.15, -0.1) is 22.7 Å². The number of aromatic nitrogens is 1. The van der Waals surface area contributed by atoms with Crippen molar-refractivity contribution in [1.29, 1.82) is 0 Å². The van der Waals surface area contributed by atoms with E-state index in [1.165, 1.54) is 11.3 Å². The Labute approximate surface area is 131 Å². The molecule has 2 aromatic heterocycles. The van der Waals surface area contributed by atoms with Gasteiger partial charge in [-0.05, 0) is 40.2 Å². The number of hydrogen-bond donors (Lipinski definition) is 1. The van der Waals surface area contributed by atoms with E-state index in [2.05, 4.69) is 20.9 Å². The minimum absolute atomic E-state index is 0.276. The van der Waals surface area contributed by atoms with Crippen LogP contribution in [-0.4, -0.2) is 16.1 Å². The number of thiophene rings is 1. The standard InChI is InChI=1S/C14H8BrNO2S2/c15-12-5-4-11(20-12)10-7-19-13(16-10)8-2-1-3-9(6-8)14(17)18/h1-7H,(H,17,18). The van der Waals surface area contributed by atoms with Crippen LogP contribution in [0.2, 0.25) is 0 Å². The van der Waals surface area contributed by atoms with Crippen LogP contribution in [0, 0.1) is 0 Å². The SMILES string of the molecule is O=C(O)c1cccc(-c2nc(-c3ccc(Br)s3)cs2)c1. The zero-order valence-electron chi connectivity index (χ0n) is 10.0. The Morgan fingerprint density at radius 1 is 1.25 bits per heavy atom. The minimum atomic E-state index is -0.925. The molecule has 1 N–H and O–H groups in total. The van der Waals surface area contributed by atoms with E-state index >= 15 is 0 Å². The highest BCUT2D eigenvalue weighted by molar-refractivity contribution is 9.11. The van der Waals surface area contributed by atoms with Crippen LogP contribution >= 0.6 is 38.6 Å². The van der Waals surface area contributed by atoms with E-state index in [9.17, 15) is 4.79 Å². The molecule has 0 saturated heterocycles. The fraction of sp³-hybridized carbons (Fsp3) is 0. The molecule has 100 valence electrons. The van der Waals surface area contributed by atoms with Gasteiger partial charge in [0.25, 0.3) is 0 Å². The number of carbonyl (C=O) groups is 1. The Kier molecular flexibility index (Phi) is 3.69. The summed E-state index contributed by atoms with van der Waals surface area (Å²) in [7, 11) is 0. The van der Waals surface area contributed by atoms with Crippen molar-refractivity contribution in [3.63, 3.8) is 0 Å². The summed E-state index contributed by atoms with van der Waals surface area (Å²) in [6.45, 7) is 0. The van der Waals surface area contributed by atoms with Crippen molar-refractivity contribution < 1.29 is 9.90 Å². The molecule has 0 aliphatic heterocycles. The third-order valence-electron chi connectivity index (χ3n) is 2.69. The topological polar surface area (TPSA) is 50.2 Å². The van der Waals surface area contributed by atoms with Crippen LogP contribution in [0.4, 0.5) is 0 Å². The predicted octanol–water partition coefficient (Wildman–Crippen LogP) is 5.00. The number of thiazole rings is 1. The zero-order chi connectivity index (χ0) is 14.1. The first-order chi connectivity index (χ1) is 9.63. The number of hydrogen-bond acceptors (Lipinski definition) is 4. The molecular formula is C14H8BrNO2S2. The number of aromatic carboxylic acids is 1. The van der Waals surface area contributed by atoms with Crippen LogP contribution in [0.3, 0.4) is 0 Å². The molecule has 0 amide bonds. The monoisotopic (exact) mass is 365 g/mol. The number of benzene rings is 1. The molecule has 0 atom stereocenters. The average Bonchev–Trinajstić information content (AvgIpc) is 3.07. The van der Waals surface area contributed by atoms with Crippen LogP contribution in [0.15, 0.2) is 45.6 Å². The molecule has 0 unspecified atom stereocenters. The molecule has 0 aliphatic carbocycles. The largest absolute Gasteiger partial charge is 0.478 e. The van der Waals surface area contributed by atoms with Gasteiger partial charge in [0.2, 0.25) is 0 Å². The van der Waals surface area contributed by atoms with Crippen molar-refractivity contribution >= 4 is 44.6 Å². The molecule has 0 radical (unpaired) electrons. The highest BCUT2D eigenvalue weighted by Gasteiger charge is 2.10. The van der Waals surface area contributed by atoms with Crippen LogP contribution in [0.5, 0.6) is 0 Å². The highest BCUT2D eigenvalue weighted by atomic mass is 79.9. The summed E-state index contributed by atoms with van der Waals surface area (Å²) in [6, 6.07) is 10.8. The lowest BCUT2D eigenvalue weighted by atomic mass is 10.1. The maximum absolute atomic E-state index is 11.0. The number of halogens is 1. The summed E-state index contributed by atoms with van der Waals surface area (Å²) in [6.07, 6.45) is 0. The quantitative estimate of drug-likeness (QED) is 0.710. The number of nitrogens with zero attached hydrogens (tertiary/aromatic N) is 1. The third-order valence-corrected chi connectivity index (χ3v) is 5.22. The van der Waals surface area contributed by atoms with Crippen molar-refractivity contribution in [2.24, 2.45) is 0 Å². The van der Waals surface area contributed by atoms with Gasteiger partial charge in [0, 0.05) is 10.9 Å². The minimum Gasteiger partial charge on any atom is -0.478 e. The maximum atomic E-state index is 11.0.